The van der Waals surface area contributed by atoms with Gasteiger partial charge in [-0.15, -0.1) is 0 Å². The molecule has 0 N–H and O–H groups in total. The highest BCUT2D eigenvalue weighted by molar-refractivity contribution is 5.71. The van der Waals surface area contributed by atoms with E-state index in [2.05, 4.69) is 57.2 Å². The van der Waals surface area contributed by atoms with Crippen LogP contribution in [0, 0.1) is 0 Å². The Morgan fingerprint density at radius 2 is 0.474 bits per heavy atom. The molecule has 0 radical (unpaired) electrons. The second-order valence-electron chi connectivity index (χ2n) is 23.1. The molecular formula is C70H130O6. The van der Waals surface area contributed by atoms with Crippen molar-refractivity contribution in [3.63, 3.8) is 0 Å². The minimum Gasteiger partial charge on any atom is -0.462 e. The van der Waals surface area contributed by atoms with Crippen LogP contribution in [0.1, 0.15) is 374 Å². The lowest BCUT2D eigenvalue weighted by Gasteiger charge is -2.18. The second-order valence-corrected chi connectivity index (χ2v) is 23.1. The SMILES string of the molecule is CCCCCCC/C=C\C/C=C\CCCCCCCCCCCCCCCC(=O)OCC(COC(=O)CCCCCCCCCCCC)OC(=O)CCCCCCCCCCCCC/C=C\CCCCCCCCCC. The Bertz CT molecular complexity index is 1270. The van der Waals surface area contributed by atoms with Crippen LogP contribution < -0.4 is 0 Å². The smallest absolute Gasteiger partial charge is 0.306 e. The molecule has 1 unspecified atom stereocenters. The van der Waals surface area contributed by atoms with Crippen molar-refractivity contribution in [2.75, 3.05) is 13.2 Å². The lowest BCUT2D eigenvalue weighted by Crippen LogP contribution is -2.30. The van der Waals surface area contributed by atoms with Gasteiger partial charge in [0.1, 0.15) is 13.2 Å². The first kappa shape index (κ1) is 73.6. The zero-order chi connectivity index (χ0) is 55.0. The molecule has 0 fully saturated rings. The predicted molar refractivity (Wildman–Crippen MR) is 330 cm³/mol. The fraction of sp³-hybridized carbons (Fsp3) is 0.871. The summed E-state index contributed by atoms with van der Waals surface area (Å²) < 4.78 is 16.9. The molecule has 1 atom stereocenters. The second kappa shape index (κ2) is 65.2. The molecule has 0 amide bonds. The van der Waals surface area contributed by atoms with Crippen LogP contribution in [0.15, 0.2) is 36.5 Å². The quantitative estimate of drug-likeness (QED) is 0.0261. The van der Waals surface area contributed by atoms with Crippen LogP contribution in [0.2, 0.25) is 0 Å². The summed E-state index contributed by atoms with van der Waals surface area (Å²) in [6.45, 7) is 6.68. The first-order chi connectivity index (χ1) is 37.5. The van der Waals surface area contributed by atoms with E-state index in [4.69, 9.17) is 14.2 Å². The topological polar surface area (TPSA) is 78.9 Å². The molecule has 0 saturated heterocycles. The summed E-state index contributed by atoms with van der Waals surface area (Å²) >= 11 is 0. The van der Waals surface area contributed by atoms with Crippen LogP contribution in [0.5, 0.6) is 0 Å². The Kier molecular flexibility index (Phi) is 63.1. The minimum atomic E-state index is -0.770. The molecule has 0 saturated carbocycles. The summed E-state index contributed by atoms with van der Waals surface area (Å²) in [5.41, 5.74) is 0. The van der Waals surface area contributed by atoms with E-state index in [-0.39, 0.29) is 31.1 Å². The van der Waals surface area contributed by atoms with Gasteiger partial charge >= 0.3 is 17.9 Å². The van der Waals surface area contributed by atoms with Gasteiger partial charge in [0.05, 0.1) is 0 Å². The largest absolute Gasteiger partial charge is 0.462 e. The highest BCUT2D eigenvalue weighted by atomic mass is 16.6. The number of carbonyl (C=O) groups is 3. The molecule has 0 bridgehead atoms. The zero-order valence-electron chi connectivity index (χ0n) is 51.3. The first-order valence-electron chi connectivity index (χ1n) is 34.0. The molecule has 6 heteroatoms. The third-order valence-corrected chi connectivity index (χ3v) is 15.4. The molecule has 76 heavy (non-hydrogen) atoms. The van der Waals surface area contributed by atoms with Crippen molar-refractivity contribution < 1.29 is 28.6 Å². The van der Waals surface area contributed by atoms with Gasteiger partial charge in [-0.3, -0.25) is 14.4 Å². The van der Waals surface area contributed by atoms with Crippen LogP contribution in [0.25, 0.3) is 0 Å². The van der Waals surface area contributed by atoms with Gasteiger partial charge in [-0.05, 0) is 77.0 Å². The highest BCUT2D eigenvalue weighted by Gasteiger charge is 2.19. The maximum atomic E-state index is 12.9. The van der Waals surface area contributed by atoms with Crippen LogP contribution in [0.3, 0.4) is 0 Å². The molecule has 0 heterocycles. The van der Waals surface area contributed by atoms with Gasteiger partial charge in [-0.2, -0.15) is 0 Å². The monoisotopic (exact) mass is 1070 g/mol. The van der Waals surface area contributed by atoms with E-state index < -0.39 is 6.10 Å². The van der Waals surface area contributed by atoms with Crippen molar-refractivity contribution >= 4 is 17.9 Å². The molecule has 0 aliphatic carbocycles. The van der Waals surface area contributed by atoms with Crippen molar-refractivity contribution in [1.29, 1.82) is 0 Å². The summed E-state index contributed by atoms with van der Waals surface area (Å²) in [5.74, 6) is -0.846. The summed E-state index contributed by atoms with van der Waals surface area (Å²) in [5, 5.41) is 0. The Balaban J connectivity index is 4.18. The summed E-state index contributed by atoms with van der Waals surface area (Å²) in [6.07, 6.45) is 80.3. The van der Waals surface area contributed by atoms with E-state index in [1.54, 1.807) is 0 Å². The van der Waals surface area contributed by atoms with Crippen molar-refractivity contribution in [2.45, 2.75) is 380 Å². The van der Waals surface area contributed by atoms with E-state index >= 15 is 0 Å². The fourth-order valence-corrected chi connectivity index (χ4v) is 10.2. The Morgan fingerprint density at radius 3 is 0.737 bits per heavy atom. The van der Waals surface area contributed by atoms with Crippen LogP contribution in [-0.4, -0.2) is 37.2 Å². The molecule has 6 nitrogen and oxygen atoms in total. The number of esters is 3. The maximum absolute atomic E-state index is 12.9. The summed E-state index contributed by atoms with van der Waals surface area (Å²) in [4.78, 5) is 38.3. The number of rotatable bonds is 63. The van der Waals surface area contributed by atoms with Crippen molar-refractivity contribution in [1.82, 2.24) is 0 Å². The number of ether oxygens (including phenoxy) is 3. The van der Waals surface area contributed by atoms with Gasteiger partial charge in [-0.1, -0.05) is 314 Å². The van der Waals surface area contributed by atoms with Gasteiger partial charge in [0.15, 0.2) is 6.10 Å². The van der Waals surface area contributed by atoms with E-state index in [1.807, 2.05) is 0 Å². The van der Waals surface area contributed by atoms with Crippen LogP contribution >= 0.6 is 0 Å². The van der Waals surface area contributed by atoms with Gasteiger partial charge in [-0.25, -0.2) is 0 Å². The summed E-state index contributed by atoms with van der Waals surface area (Å²) in [6, 6.07) is 0. The average molecular weight is 1070 g/mol. The number of carbonyl (C=O) groups excluding carboxylic acids is 3. The van der Waals surface area contributed by atoms with Gasteiger partial charge in [0.25, 0.3) is 0 Å². The molecule has 0 aliphatic heterocycles. The molecular weight excluding hydrogens is 937 g/mol. The highest BCUT2D eigenvalue weighted by Crippen LogP contribution is 2.18. The van der Waals surface area contributed by atoms with Crippen molar-refractivity contribution in [3.05, 3.63) is 36.5 Å². The Labute approximate surface area is 474 Å². The van der Waals surface area contributed by atoms with Crippen molar-refractivity contribution in [2.24, 2.45) is 0 Å². The summed E-state index contributed by atoms with van der Waals surface area (Å²) in [7, 11) is 0. The molecule has 0 aromatic heterocycles. The lowest BCUT2D eigenvalue weighted by molar-refractivity contribution is -0.167. The number of allylic oxidation sites excluding steroid dienone is 6. The van der Waals surface area contributed by atoms with Crippen LogP contribution in [0.4, 0.5) is 0 Å². The zero-order valence-corrected chi connectivity index (χ0v) is 51.3. The van der Waals surface area contributed by atoms with E-state index in [0.717, 1.165) is 64.2 Å². The lowest BCUT2D eigenvalue weighted by atomic mass is 10.0. The van der Waals surface area contributed by atoms with E-state index in [9.17, 15) is 14.4 Å². The van der Waals surface area contributed by atoms with Gasteiger partial charge in [0.2, 0.25) is 0 Å². The molecule has 0 aromatic carbocycles. The maximum Gasteiger partial charge on any atom is 0.306 e. The molecule has 446 valence electrons. The minimum absolute atomic E-state index is 0.0678. The van der Waals surface area contributed by atoms with Crippen molar-refractivity contribution in [3.8, 4) is 0 Å². The molecule has 0 rings (SSSR count). The van der Waals surface area contributed by atoms with Crippen LogP contribution in [-0.2, 0) is 28.6 Å². The third-order valence-electron chi connectivity index (χ3n) is 15.4. The average Bonchev–Trinajstić information content (AvgIpc) is 3.42. The fourth-order valence-electron chi connectivity index (χ4n) is 10.2. The number of unbranched alkanes of at least 4 members (excludes halogenated alkanes) is 46. The Morgan fingerprint density at radius 1 is 0.263 bits per heavy atom. The molecule has 0 spiro atoms. The third kappa shape index (κ3) is 62.5. The normalized spacial score (nSPS) is 12.2. The number of hydrogen-bond donors (Lipinski definition) is 0. The number of hydrogen-bond acceptors (Lipinski definition) is 6. The van der Waals surface area contributed by atoms with Gasteiger partial charge in [0, 0.05) is 19.3 Å². The standard InChI is InChI=1S/C70H130O6/c1-4-7-10-13-16-19-22-24-26-28-30-32-34-35-37-38-40-42-44-46-48-51-54-57-60-63-69(72)75-66-67(65-74-68(71)62-59-56-53-50-21-18-15-12-9-6-3)76-70(73)64-61-58-55-52-49-47-45-43-41-39-36-33-31-29-27-25-23-20-17-14-11-8-5-2/h22,24,28-31,67H,4-21,23,25-27,32-66H2,1-3H3/b24-22-,30-28-,31-29-. The molecule has 0 aliphatic rings. The molecule has 0 aromatic rings. The predicted octanol–water partition coefficient (Wildman–Crippen LogP) is 23.2. The van der Waals surface area contributed by atoms with E-state index in [1.165, 1.54) is 270 Å². The Hall–Kier alpha value is -2.37. The van der Waals surface area contributed by atoms with E-state index in [0.29, 0.717) is 19.3 Å². The van der Waals surface area contributed by atoms with Gasteiger partial charge < -0.3 is 14.2 Å². The first-order valence-corrected chi connectivity index (χ1v) is 34.0.